The second-order valence-electron chi connectivity index (χ2n) is 7.46. The van der Waals surface area contributed by atoms with Crippen molar-refractivity contribution in [3.8, 4) is 0 Å². The summed E-state index contributed by atoms with van der Waals surface area (Å²) in [5, 5.41) is 1.05. The van der Waals surface area contributed by atoms with Crippen LogP contribution >= 0.6 is 11.8 Å². The molecule has 0 atom stereocenters. The molecule has 1 aliphatic rings. The van der Waals surface area contributed by atoms with Gasteiger partial charge in [0.15, 0.2) is 0 Å². The standard InChI is InChI=1S/C24H26N2O3S/c1-3-20-18(17-8-4-6-10-21(17)29-20)16-25(2)23(27)12-13-24(28)26-14-15-30-22-11-7-5-9-19(22)26/h4-11H,3,12-16H2,1-2H3. The Bertz CT molecular complexity index is 1080. The molecule has 3 aromatic rings. The Hall–Kier alpha value is -2.73. The maximum Gasteiger partial charge on any atom is 0.227 e. The van der Waals surface area contributed by atoms with Crippen LogP contribution in [-0.2, 0) is 22.6 Å². The maximum atomic E-state index is 12.8. The Morgan fingerprint density at radius 3 is 2.70 bits per heavy atom. The molecule has 1 aliphatic heterocycles. The molecular formula is C24H26N2O3S. The molecule has 2 aromatic carbocycles. The molecule has 1 aromatic heterocycles. The fraction of sp³-hybridized carbons (Fsp3) is 0.333. The van der Waals surface area contributed by atoms with Crippen LogP contribution in [0.1, 0.15) is 31.1 Å². The lowest BCUT2D eigenvalue weighted by Gasteiger charge is -2.29. The van der Waals surface area contributed by atoms with Crippen LogP contribution in [0.15, 0.2) is 57.8 Å². The SMILES string of the molecule is CCc1oc2ccccc2c1CN(C)C(=O)CCC(=O)N1CCSc2ccccc21. The molecule has 4 rings (SSSR count). The van der Waals surface area contributed by atoms with Gasteiger partial charge in [0.1, 0.15) is 11.3 Å². The lowest BCUT2D eigenvalue weighted by atomic mass is 10.1. The van der Waals surface area contributed by atoms with Crippen LogP contribution in [0.25, 0.3) is 11.0 Å². The van der Waals surface area contributed by atoms with Crippen molar-refractivity contribution in [2.45, 2.75) is 37.6 Å². The van der Waals surface area contributed by atoms with Gasteiger partial charge in [0.2, 0.25) is 11.8 Å². The van der Waals surface area contributed by atoms with Gasteiger partial charge in [-0.05, 0) is 18.2 Å². The van der Waals surface area contributed by atoms with Gasteiger partial charge in [0.05, 0.1) is 5.69 Å². The minimum absolute atomic E-state index is 0.00695. The smallest absolute Gasteiger partial charge is 0.227 e. The third kappa shape index (κ3) is 4.10. The first-order valence-corrected chi connectivity index (χ1v) is 11.3. The molecule has 0 bridgehead atoms. The highest BCUT2D eigenvalue weighted by Crippen LogP contribution is 2.34. The molecule has 0 fully saturated rings. The van der Waals surface area contributed by atoms with Crippen LogP contribution in [0.2, 0.25) is 0 Å². The number of hydrogen-bond donors (Lipinski definition) is 0. The van der Waals surface area contributed by atoms with E-state index >= 15 is 0 Å². The van der Waals surface area contributed by atoms with E-state index in [1.165, 1.54) is 0 Å². The number of rotatable bonds is 6. The zero-order valence-electron chi connectivity index (χ0n) is 17.4. The van der Waals surface area contributed by atoms with E-state index in [0.29, 0.717) is 13.1 Å². The summed E-state index contributed by atoms with van der Waals surface area (Å²) < 4.78 is 5.94. The van der Waals surface area contributed by atoms with Crippen molar-refractivity contribution in [3.63, 3.8) is 0 Å². The molecule has 6 heteroatoms. The fourth-order valence-corrected chi connectivity index (χ4v) is 4.90. The number of benzene rings is 2. The molecule has 5 nitrogen and oxygen atoms in total. The number of nitrogens with zero attached hydrogens (tertiary/aromatic N) is 2. The first-order chi connectivity index (χ1) is 14.6. The summed E-state index contributed by atoms with van der Waals surface area (Å²) in [7, 11) is 1.79. The summed E-state index contributed by atoms with van der Waals surface area (Å²) >= 11 is 1.77. The number of carbonyl (C=O) groups excluding carboxylic acids is 2. The summed E-state index contributed by atoms with van der Waals surface area (Å²) in [6, 6.07) is 15.9. The number of hydrogen-bond acceptors (Lipinski definition) is 4. The Kier molecular flexibility index (Phi) is 6.13. The van der Waals surface area contributed by atoms with Crippen LogP contribution < -0.4 is 4.90 Å². The van der Waals surface area contributed by atoms with E-state index in [0.717, 1.165) is 45.0 Å². The summed E-state index contributed by atoms with van der Waals surface area (Å²) in [6.07, 6.45) is 1.20. The fourth-order valence-electron chi connectivity index (χ4n) is 3.90. The Balaban J connectivity index is 1.40. The van der Waals surface area contributed by atoms with Crippen LogP contribution in [0.5, 0.6) is 0 Å². The summed E-state index contributed by atoms with van der Waals surface area (Å²) in [4.78, 5) is 30.2. The number of para-hydroxylation sites is 2. The second-order valence-corrected chi connectivity index (χ2v) is 8.60. The lowest BCUT2D eigenvalue weighted by Crippen LogP contribution is -2.36. The van der Waals surface area contributed by atoms with Gasteiger partial charge < -0.3 is 14.2 Å². The monoisotopic (exact) mass is 422 g/mol. The van der Waals surface area contributed by atoms with Crippen LogP contribution in [-0.4, -0.2) is 36.1 Å². The number of aryl methyl sites for hydroxylation is 1. The molecule has 30 heavy (non-hydrogen) atoms. The number of carbonyl (C=O) groups is 2. The highest BCUT2D eigenvalue weighted by atomic mass is 32.2. The first-order valence-electron chi connectivity index (χ1n) is 10.3. The molecule has 0 spiro atoms. The van der Waals surface area contributed by atoms with Gasteiger partial charge in [-0.25, -0.2) is 0 Å². The van der Waals surface area contributed by atoms with Gasteiger partial charge in [-0.1, -0.05) is 37.3 Å². The summed E-state index contributed by atoms with van der Waals surface area (Å²) in [5.41, 5.74) is 2.86. The predicted molar refractivity (Wildman–Crippen MR) is 121 cm³/mol. The zero-order chi connectivity index (χ0) is 21.1. The maximum absolute atomic E-state index is 12.8. The largest absolute Gasteiger partial charge is 0.461 e. The van der Waals surface area contributed by atoms with Gasteiger partial charge in [-0.2, -0.15) is 0 Å². The van der Waals surface area contributed by atoms with Gasteiger partial charge in [0.25, 0.3) is 0 Å². The number of amides is 2. The molecule has 0 saturated carbocycles. The molecule has 2 heterocycles. The molecule has 2 amide bonds. The van der Waals surface area contributed by atoms with Crippen molar-refractivity contribution in [1.29, 1.82) is 0 Å². The number of furan rings is 1. The third-order valence-electron chi connectivity index (χ3n) is 5.51. The molecule has 0 aliphatic carbocycles. The predicted octanol–water partition coefficient (Wildman–Crippen LogP) is 4.87. The van der Waals surface area contributed by atoms with Crippen molar-refractivity contribution in [3.05, 3.63) is 59.9 Å². The highest BCUT2D eigenvalue weighted by Gasteiger charge is 2.24. The van der Waals surface area contributed by atoms with Crippen molar-refractivity contribution in [2.75, 3.05) is 24.2 Å². The van der Waals surface area contributed by atoms with E-state index in [-0.39, 0.29) is 24.7 Å². The van der Waals surface area contributed by atoms with Gasteiger partial charge >= 0.3 is 0 Å². The topological polar surface area (TPSA) is 53.8 Å². The average molecular weight is 423 g/mol. The van der Waals surface area contributed by atoms with E-state index in [1.807, 2.05) is 53.4 Å². The minimum atomic E-state index is -0.0321. The van der Waals surface area contributed by atoms with Gasteiger partial charge in [-0.3, -0.25) is 9.59 Å². The van der Waals surface area contributed by atoms with E-state index in [9.17, 15) is 9.59 Å². The molecule has 0 saturated heterocycles. The van der Waals surface area contributed by atoms with E-state index in [1.54, 1.807) is 23.7 Å². The van der Waals surface area contributed by atoms with Crippen LogP contribution in [0, 0.1) is 0 Å². The van der Waals surface area contributed by atoms with Gasteiger partial charge in [-0.15, -0.1) is 11.8 Å². The minimum Gasteiger partial charge on any atom is -0.461 e. The van der Waals surface area contributed by atoms with Crippen LogP contribution in [0.3, 0.4) is 0 Å². The third-order valence-corrected chi connectivity index (χ3v) is 6.55. The molecule has 0 radical (unpaired) electrons. The lowest BCUT2D eigenvalue weighted by molar-refractivity contribution is -0.132. The Morgan fingerprint density at radius 1 is 1.10 bits per heavy atom. The number of thioether (sulfide) groups is 1. The van der Waals surface area contributed by atoms with Crippen molar-refractivity contribution >= 4 is 40.2 Å². The van der Waals surface area contributed by atoms with E-state index < -0.39 is 0 Å². The van der Waals surface area contributed by atoms with Crippen molar-refractivity contribution in [2.24, 2.45) is 0 Å². The molecule has 156 valence electrons. The quantitative estimate of drug-likeness (QED) is 0.569. The summed E-state index contributed by atoms with van der Waals surface area (Å²) in [5.74, 6) is 1.77. The highest BCUT2D eigenvalue weighted by molar-refractivity contribution is 7.99. The second kappa shape index (κ2) is 8.96. The van der Waals surface area contributed by atoms with Gasteiger partial charge in [0, 0.05) is 61.0 Å². The summed E-state index contributed by atoms with van der Waals surface area (Å²) in [6.45, 7) is 3.22. The van der Waals surface area contributed by atoms with Crippen LogP contribution in [0.4, 0.5) is 5.69 Å². The Labute approximate surface area is 181 Å². The average Bonchev–Trinajstić information content (AvgIpc) is 3.14. The number of fused-ring (bicyclic) bond motifs is 2. The van der Waals surface area contributed by atoms with Crippen molar-refractivity contribution in [1.82, 2.24) is 4.90 Å². The molecular weight excluding hydrogens is 396 g/mol. The Morgan fingerprint density at radius 2 is 1.87 bits per heavy atom. The zero-order valence-corrected chi connectivity index (χ0v) is 18.2. The van der Waals surface area contributed by atoms with Crippen molar-refractivity contribution < 1.29 is 14.0 Å². The normalized spacial score (nSPS) is 13.3. The van der Waals surface area contributed by atoms with E-state index in [2.05, 4.69) is 6.92 Å². The first kappa shape index (κ1) is 20.5. The molecule has 0 N–H and O–H groups in total. The van der Waals surface area contributed by atoms with E-state index in [4.69, 9.17) is 4.42 Å². The molecule has 0 unspecified atom stereocenters. The number of anilines is 1.